The number of carbonyl (C=O) groups excluding carboxylic acids is 2. The number of hydrogen-bond donors (Lipinski definition) is 0. The number of aryl methyl sites for hydroxylation is 2. The lowest BCUT2D eigenvalue weighted by molar-refractivity contribution is 0.00684. The first-order chi connectivity index (χ1) is 21.3. The van der Waals surface area contributed by atoms with Gasteiger partial charge in [-0.2, -0.15) is 0 Å². The van der Waals surface area contributed by atoms with Crippen LogP contribution in [0.2, 0.25) is 0 Å². The molecule has 10 nitrogen and oxygen atoms in total. The fourth-order valence-electron chi connectivity index (χ4n) is 5.87. The number of carbonyl (C=O) groups is 2. The van der Waals surface area contributed by atoms with Crippen LogP contribution in [0.5, 0.6) is 11.6 Å². The Bertz CT molecular complexity index is 1670. The number of amides is 1. The number of likely N-dealkylation sites (tertiary alicyclic amines) is 1. The molecule has 0 bridgehead atoms. The second-order valence-electron chi connectivity index (χ2n) is 13.2. The summed E-state index contributed by atoms with van der Waals surface area (Å²) in [6.07, 6.45) is 5.11. The number of esters is 1. The molecule has 0 spiro atoms. The van der Waals surface area contributed by atoms with Crippen LogP contribution in [0.3, 0.4) is 0 Å². The molecular formula is C35H44N6O4. The quantitative estimate of drug-likeness (QED) is 0.202. The Hall–Kier alpha value is -4.47. The van der Waals surface area contributed by atoms with Crippen molar-refractivity contribution in [3.05, 3.63) is 88.1 Å². The summed E-state index contributed by atoms with van der Waals surface area (Å²) < 4.78 is 15.5. The van der Waals surface area contributed by atoms with Gasteiger partial charge >= 0.3 is 5.97 Å². The summed E-state index contributed by atoms with van der Waals surface area (Å²) in [7, 11) is 0. The van der Waals surface area contributed by atoms with E-state index in [0.29, 0.717) is 42.6 Å². The van der Waals surface area contributed by atoms with Crippen molar-refractivity contribution >= 4 is 11.9 Å². The molecule has 4 aromatic rings. The van der Waals surface area contributed by atoms with Gasteiger partial charge in [-0.1, -0.05) is 25.1 Å². The zero-order valence-electron chi connectivity index (χ0n) is 27.6. The highest BCUT2D eigenvalue weighted by molar-refractivity contribution is 5.94. The van der Waals surface area contributed by atoms with Crippen molar-refractivity contribution in [3.8, 4) is 11.6 Å². The van der Waals surface area contributed by atoms with Crippen LogP contribution in [0, 0.1) is 20.8 Å². The Morgan fingerprint density at radius 2 is 1.76 bits per heavy atom. The number of hydrogen-bond acceptors (Lipinski definition) is 7. The van der Waals surface area contributed by atoms with Gasteiger partial charge in [0.15, 0.2) is 0 Å². The maximum atomic E-state index is 13.2. The van der Waals surface area contributed by atoms with Crippen LogP contribution in [0.1, 0.15) is 108 Å². The Balaban J connectivity index is 1.15. The van der Waals surface area contributed by atoms with Crippen LogP contribution in [0.25, 0.3) is 0 Å². The normalized spacial score (nSPS) is 14.2. The summed E-state index contributed by atoms with van der Waals surface area (Å²) in [5.74, 6) is 1.27. The van der Waals surface area contributed by atoms with Gasteiger partial charge in [0.1, 0.15) is 17.0 Å². The van der Waals surface area contributed by atoms with E-state index in [1.165, 1.54) is 11.1 Å². The molecule has 4 heterocycles. The standard InChI is InChI=1S/C35H44N6O4/c1-22(2)30-11-10-29(17-23(30)3)44-32-12-9-26(19-36-32)33(42)39-15-13-28(14-16-39)41-21-27(37-38-41)20-40-24(4)18-31(25(40)5)34(43)45-35(6,7)8/h9-12,17-19,21-22,28H,13-16,20H2,1-8H3. The number of rotatable bonds is 8. The van der Waals surface area contributed by atoms with Gasteiger partial charge in [-0.25, -0.2) is 14.5 Å². The maximum Gasteiger partial charge on any atom is 0.340 e. The first-order valence-electron chi connectivity index (χ1n) is 15.6. The highest BCUT2D eigenvalue weighted by Crippen LogP contribution is 2.28. The van der Waals surface area contributed by atoms with Crippen molar-refractivity contribution in [2.75, 3.05) is 13.1 Å². The zero-order chi connectivity index (χ0) is 32.5. The molecule has 0 radical (unpaired) electrons. The minimum atomic E-state index is -0.557. The fraction of sp³-hybridized carbons (Fsp3) is 0.457. The van der Waals surface area contributed by atoms with Crippen molar-refractivity contribution in [2.45, 2.75) is 92.3 Å². The number of piperidine rings is 1. The van der Waals surface area contributed by atoms with E-state index in [1.807, 2.05) is 68.6 Å². The summed E-state index contributed by atoms with van der Waals surface area (Å²) in [6, 6.07) is 11.6. The monoisotopic (exact) mass is 612 g/mol. The van der Waals surface area contributed by atoms with E-state index < -0.39 is 5.60 Å². The molecule has 0 atom stereocenters. The van der Waals surface area contributed by atoms with Gasteiger partial charge in [0.25, 0.3) is 5.91 Å². The number of benzene rings is 1. The third-order valence-corrected chi connectivity index (χ3v) is 8.27. The zero-order valence-corrected chi connectivity index (χ0v) is 27.6. The average Bonchev–Trinajstić information content (AvgIpc) is 3.57. The molecule has 1 aliphatic rings. The number of pyridine rings is 1. The fourth-order valence-corrected chi connectivity index (χ4v) is 5.87. The van der Waals surface area contributed by atoms with E-state index in [9.17, 15) is 9.59 Å². The van der Waals surface area contributed by atoms with Gasteiger partial charge in [-0.15, -0.1) is 5.10 Å². The molecule has 1 saturated heterocycles. The molecule has 3 aromatic heterocycles. The van der Waals surface area contributed by atoms with Gasteiger partial charge in [-0.3, -0.25) is 4.79 Å². The van der Waals surface area contributed by atoms with Gasteiger partial charge < -0.3 is 18.9 Å². The highest BCUT2D eigenvalue weighted by Gasteiger charge is 2.27. The predicted molar refractivity (Wildman–Crippen MR) is 172 cm³/mol. The Labute approximate surface area is 265 Å². The van der Waals surface area contributed by atoms with Crippen molar-refractivity contribution in [1.29, 1.82) is 0 Å². The largest absolute Gasteiger partial charge is 0.456 e. The second-order valence-corrected chi connectivity index (χ2v) is 13.2. The van der Waals surface area contributed by atoms with Gasteiger partial charge in [0.05, 0.1) is 29.9 Å². The summed E-state index contributed by atoms with van der Waals surface area (Å²) in [5, 5.41) is 8.83. The minimum absolute atomic E-state index is 0.0386. The SMILES string of the molecule is Cc1cc(Oc2ccc(C(=O)N3CCC(n4cc(Cn5c(C)cc(C(=O)OC(C)(C)C)c5C)nn4)CC3)cn2)ccc1C(C)C. The number of ether oxygens (including phenoxy) is 2. The third-order valence-electron chi connectivity index (χ3n) is 8.27. The van der Waals surface area contributed by atoms with Crippen molar-refractivity contribution in [3.63, 3.8) is 0 Å². The lowest BCUT2D eigenvalue weighted by Crippen LogP contribution is -2.39. The Morgan fingerprint density at radius 1 is 1.02 bits per heavy atom. The second kappa shape index (κ2) is 12.9. The molecule has 1 fully saturated rings. The highest BCUT2D eigenvalue weighted by atomic mass is 16.6. The van der Waals surface area contributed by atoms with Crippen LogP contribution >= 0.6 is 0 Å². The molecule has 1 aromatic carbocycles. The summed E-state index contributed by atoms with van der Waals surface area (Å²) in [4.78, 5) is 32.2. The van der Waals surface area contributed by atoms with E-state index in [-0.39, 0.29) is 17.9 Å². The van der Waals surface area contributed by atoms with Crippen LogP contribution in [0.15, 0.2) is 48.8 Å². The summed E-state index contributed by atoms with van der Waals surface area (Å²) >= 11 is 0. The first-order valence-corrected chi connectivity index (χ1v) is 15.6. The molecule has 0 aliphatic carbocycles. The molecule has 0 N–H and O–H groups in total. The molecule has 1 aliphatic heterocycles. The Morgan fingerprint density at radius 3 is 2.38 bits per heavy atom. The van der Waals surface area contributed by atoms with E-state index in [1.54, 1.807) is 18.3 Å². The van der Waals surface area contributed by atoms with E-state index >= 15 is 0 Å². The number of nitrogens with zero attached hydrogens (tertiary/aromatic N) is 6. The molecule has 238 valence electrons. The van der Waals surface area contributed by atoms with Crippen molar-refractivity contribution in [2.24, 2.45) is 0 Å². The van der Waals surface area contributed by atoms with E-state index in [4.69, 9.17) is 9.47 Å². The number of aromatic nitrogens is 5. The molecule has 10 heteroatoms. The van der Waals surface area contributed by atoms with Crippen molar-refractivity contribution < 1.29 is 19.1 Å². The lowest BCUT2D eigenvalue weighted by atomic mass is 9.98. The molecule has 0 saturated carbocycles. The molecule has 45 heavy (non-hydrogen) atoms. The van der Waals surface area contributed by atoms with Crippen LogP contribution in [0.4, 0.5) is 0 Å². The smallest absolute Gasteiger partial charge is 0.340 e. The van der Waals surface area contributed by atoms with E-state index in [0.717, 1.165) is 35.7 Å². The molecule has 0 unspecified atom stereocenters. The third kappa shape index (κ3) is 7.44. The Kier molecular flexibility index (Phi) is 9.13. The summed E-state index contributed by atoms with van der Waals surface area (Å²) in [6.45, 7) is 17.7. The van der Waals surface area contributed by atoms with Crippen LogP contribution in [-0.4, -0.2) is 60.0 Å². The van der Waals surface area contributed by atoms with Crippen LogP contribution < -0.4 is 4.74 Å². The maximum absolute atomic E-state index is 13.2. The van der Waals surface area contributed by atoms with Crippen molar-refractivity contribution in [1.82, 2.24) is 29.4 Å². The first kappa shape index (κ1) is 31.9. The predicted octanol–water partition coefficient (Wildman–Crippen LogP) is 6.80. The van der Waals surface area contributed by atoms with Gasteiger partial charge in [0, 0.05) is 36.7 Å². The van der Waals surface area contributed by atoms with E-state index in [2.05, 4.69) is 46.7 Å². The summed E-state index contributed by atoms with van der Waals surface area (Å²) in [5.41, 5.74) is 5.63. The average molecular weight is 613 g/mol. The molecule has 5 rings (SSSR count). The van der Waals surface area contributed by atoms with Gasteiger partial charge in [-0.05, 0) is 95.7 Å². The topological polar surface area (TPSA) is 104 Å². The van der Waals surface area contributed by atoms with Gasteiger partial charge in [0.2, 0.25) is 5.88 Å². The molecule has 1 amide bonds. The minimum Gasteiger partial charge on any atom is -0.456 e. The van der Waals surface area contributed by atoms with Crippen LogP contribution in [-0.2, 0) is 11.3 Å². The lowest BCUT2D eigenvalue weighted by Gasteiger charge is -2.31. The molecular weight excluding hydrogens is 568 g/mol.